The first-order valence-electron chi connectivity index (χ1n) is 7.80. The zero-order valence-electron chi connectivity index (χ0n) is 12.3. The number of rotatable bonds is 9. The highest BCUT2D eigenvalue weighted by molar-refractivity contribution is 5.36. The highest BCUT2D eigenvalue weighted by atomic mass is 16.5. The first kappa shape index (κ1) is 14.4. The van der Waals surface area contributed by atoms with Crippen LogP contribution in [0.3, 0.4) is 0 Å². The molecule has 0 bridgehead atoms. The van der Waals surface area contributed by atoms with Gasteiger partial charge < -0.3 is 10.1 Å². The Labute approximate surface area is 117 Å². The summed E-state index contributed by atoms with van der Waals surface area (Å²) in [6.07, 6.45) is 6.63. The van der Waals surface area contributed by atoms with Gasteiger partial charge in [0, 0.05) is 11.6 Å². The van der Waals surface area contributed by atoms with Crippen molar-refractivity contribution in [3.63, 3.8) is 0 Å². The molecule has 0 spiro atoms. The van der Waals surface area contributed by atoms with Gasteiger partial charge in [0.2, 0.25) is 0 Å². The quantitative estimate of drug-likeness (QED) is 0.715. The lowest BCUT2D eigenvalue weighted by atomic mass is 9.99. The normalized spacial score (nSPS) is 16.3. The fraction of sp³-hybridized carbons (Fsp3) is 0.647. The van der Waals surface area contributed by atoms with Crippen LogP contribution in [0, 0.1) is 5.92 Å². The summed E-state index contributed by atoms with van der Waals surface area (Å²) in [4.78, 5) is 0. The standard InChI is InChI=1S/C17H27NO/c1-3-13-18-16(12-11-14-9-10-14)15-7-5-6-8-17(15)19-4-2/h5-8,14,16,18H,3-4,9-13H2,1-2H3. The zero-order valence-corrected chi connectivity index (χ0v) is 12.3. The summed E-state index contributed by atoms with van der Waals surface area (Å²) >= 11 is 0. The summed E-state index contributed by atoms with van der Waals surface area (Å²) in [7, 11) is 0. The lowest BCUT2D eigenvalue weighted by molar-refractivity contribution is 0.328. The van der Waals surface area contributed by atoms with E-state index >= 15 is 0 Å². The lowest BCUT2D eigenvalue weighted by Crippen LogP contribution is -2.23. The van der Waals surface area contributed by atoms with Gasteiger partial charge in [0.25, 0.3) is 0 Å². The van der Waals surface area contributed by atoms with Crippen LogP contribution in [0.2, 0.25) is 0 Å². The van der Waals surface area contributed by atoms with E-state index in [0.717, 1.165) is 24.8 Å². The molecule has 1 aliphatic rings. The van der Waals surface area contributed by atoms with Crippen LogP contribution >= 0.6 is 0 Å². The molecule has 2 heteroatoms. The first-order valence-corrected chi connectivity index (χ1v) is 7.80. The number of hydrogen-bond donors (Lipinski definition) is 1. The molecule has 19 heavy (non-hydrogen) atoms. The third-order valence-corrected chi connectivity index (χ3v) is 3.80. The third kappa shape index (κ3) is 4.54. The van der Waals surface area contributed by atoms with Crippen LogP contribution in [0.5, 0.6) is 5.75 Å². The molecule has 2 rings (SSSR count). The van der Waals surface area contributed by atoms with Crippen molar-refractivity contribution in [3.05, 3.63) is 29.8 Å². The molecule has 0 aromatic heterocycles. The molecule has 106 valence electrons. The molecular weight excluding hydrogens is 234 g/mol. The highest BCUT2D eigenvalue weighted by Crippen LogP contribution is 2.37. The lowest BCUT2D eigenvalue weighted by Gasteiger charge is -2.21. The Balaban J connectivity index is 2.05. The predicted molar refractivity (Wildman–Crippen MR) is 80.6 cm³/mol. The van der Waals surface area contributed by atoms with Crippen molar-refractivity contribution in [1.29, 1.82) is 0 Å². The molecule has 1 aromatic rings. The largest absolute Gasteiger partial charge is 0.494 e. The molecule has 1 aromatic carbocycles. The molecule has 0 aliphatic heterocycles. The second-order valence-electron chi connectivity index (χ2n) is 5.50. The van der Waals surface area contributed by atoms with Crippen molar-refractivity contribution in [2.75, 3.05) is 13.2 Å². The number of benzene rings is 1. The average Bonchev–Trinajstić information content (AvgIpc) is 3.25. The predicted octanol–water partition coefficient (Wildman–Crippen LogP) is 4.32. The summed E-state index contributed by atoms with van der Waals surface area (Å²) in [6, 6.07) is 8.94. The highest BCUT2D eigenvalue weighted by Gasteiger charge is 2.24. The molecule has 0 saturated heterocycles. The molecular formula is C17H27NO. The number of ether oxygens (including phenoxy) is 1. The zero-order chi connectivity index (χ0) is 13.5. The van der Waals surface area contributed by atoms with Gasteiger partial charge in [0.1, 0.15) is 5.75 Å². The van der Waals surface area contributed by atoms with Crippen LogP contribution in [0.15, 0.2) is 24.3 Å². The monoisotopic (exact) mass is 261 g/mol. The van der Waals surface area contributed by atoms with Gasteiger partial charge in [-0.3, -0.25) is 0 Å². The molecule has 1 fully saturated rings. The minimum absolute atomic E-state index is 0.447. The van der Waals surface area contributed by atoms with Crippen LogP contribution < -0.4 is 10.1 Å². The van der Waals surface area contributed by atoms with Crippen LogP contribution in [-0.2, 0) is 0 Å². The van der Waals surface area contributed by atoms with Crippen molar-refractivity contribution in [3.8, 4) is 5.75 Å². The molecule has 0 amide bonds. The third-order valence-electron chi connectivity index (χ3n) is 3.80. The Bertz CT molecular complexity index is 373. The maximum atomic E-state index is 5.78. The Morgan fingerprint density at radius 3 is 2.74 bits per heavy atom. The average molecular weight is 261 g/mol. The SMILES string of the molecule is CCCNC(CCC1CC1)c1ccccc1OCC. The Morgan fingerprint density at radius 1 is 1.26 bits per heavy atom. The topological polar surface area (TPSA) is 21.3 Å². The van der Waals surface area contributed by atoms with Crippen molar-refractivity contribution in [2.24, 2.45) is 5.92 Å². The maximum Gasteiger partial charge on any atom is 0.124 e. The smallest absolute Gasteiger partial charge is 0.124 e. The van der Waals surface area contributed by atoms with Crippen LogP contribution in [0.25, 0.3) is 0 Å². The van der Waals surface area contributed by atoms with Gasteiger partial charge in [-0.2, -0.15) is 0 Å². The number of nitrogens with one attached hydrogen (secondary N) is 1. The summed E-state index contributed by atoms with van der Waals surface area (Å²) in [6.45, 7) is 6.09. The van der Waals surface area contributed by atoms with E-state index in [4.69, 9.17) is 4.74 Å². The molecule has 1 N–H and O–H groups in total. The van der Waals surface area contributed by atoms with E-state index in [1.54, 1.807) is 0 Å². The Morgan fingerprint density at radius 2 is 2.05 bits per heavy atom. The van der Waals surface area contributed by atoms with Crippen molar-refractivity contribution in [2.45, 2.75) is 52.0 Å². The number of hydrogen-bond acceptors (Lipinski definition) is 2. The van der Waals surface area contributed by atoms with E-state index in [0.29, 0.717) is 6.04 Å². The minimum Gasteiger partial charge on any atom is -0.494 e. The fourth-order valence-electron chi connectivity index (χ4n) is 2.55. The van der Waals surface area contributed by atoms with Gasteiger partial charge in [-0.05, 0) is 44.7 Å². The fourth-order valence-corrected chi connectivity index (χ4v) is 2.55. The van der Waals surface area contributed by atoms with Crippen molar-refractivity contribution in [1.82, 2.24) is 5.32 Å². The summed E-state index contributed by atoms with van der Waals surface area (Å²) in [5.41, 5.74) is 1.33. The van der Waals surface area contributed by atoms with Crippen molar-refractivity contribution >= 4 is 0 Å². The second kappa shape index (κ2) is 7.54. The second-order valence-corrected chi connectivity index (χ2v) is 5.50. The van der Waals surface area contributed by atoms with E-state index in [-0.39, 0.29) is 0 Å². The van der Waals surface area contributed by atoms with Gasteiger partial charge in [-0.25, -0.2) is 0 Å². The van der Waals surface area contributed by atoms with E-state index < -0.39 is 0 Å². The van der Waals surface area contributed by atoms with E-state index in [2.05, 4.69) is 43.4 Å². The Hall–Kier alpha value is -1.02. The van der Waals surface area contributed by atoms with Gasteiger partial charge in [0.15, 0.2) is 0 Å². The van der Waals surface area contributed by atoms with Crippen molar-refractivity contribution < 1.29 is 4.74 Å². The van der Waals surface area contributed by atoms with Crippen LogP contribution in [-0.4, -0.2) is 13.2 Å². The Kier molecular flexibility index (Phi) is 5.71. The molecule has 0 heterocycles. The molecule has 1 aliphatic carbocycles. The van der Waals surface area contributed by atoms with Crippen LogP contribution in [0.4, 0.5) is 0 Å². The molecule has 0 radical (unpaired) electrons. The molecule has 1 atom stereocenters. The van der Waals surface area contributed by atoms with Gasteiger partial charge in [0.05, 0.1) is 6.61 Å². The van der Waals surface area contributed by atoms with E-state index in [1.807, 2.05) is 0 Å². The van der Waals surface area contributed by atoms with Gasteiger partial charge >= 0.3 is 0 Å². The summed E-state index contributed by atoms with van der Waals surface area (Å²) < 4.78 is 5.78. The van der Waals surface area contributed by atoms with Gasteiger partial charge in [-0.1, -0.05) is 38.0 Å². The van der Waals surface area contributed by atoms with E-state index in [1.165, 1.54) is 37.7 Å². The van der Waals surface area contributed by atoms with E-state index in [9.17, 15) is 0 Å². The molecule has 1 unspecified atom stereocenters. The summed E-state index contributed by atoms with van der Waals surface area (Å²) in [5.74, 6) is 2.04. The number of para-hydroxylation sites is 1. The first-order chi connectivity index (χ1) is 9.35. The van der Waals surface area contributed by atoms with Gasteiger partial charge in [-0.15, -0.1) is 0 Å². The minimum atomic E-state index is 0.447. The molecule has 2 nitrogen and oxygen atoms in total. The molecule has 1 saturated carbocycles. The maximum absolute atomic E-state index is 5.78. The summed E-state index contributed by atoms with van der Waals surface area (Å²) in [5, 5.41) is 3.69. The van der Waals surface area contributed by atoms with Crippen LogP contribution in [0.1, 0.15) is 57.6 Å².